The van der Waals surface area contributed by atoms with Crippen molar-refractivity contribution >= 4 is 23.1 Å². The molecular formula is C18H18N4O2. The second-order valence-electron chi connectivity index (χ2n) is 5.61. The van der Waals surface area contributed by atoms with Gasteiger partial charge in [0.1, 0.15) is 11.3 Å². The standard InChI is InChI=1S/C18H18N4O2/c1-12(2)16-17(22-11-7-6-10-15(22)19-16)21-20-14-9-5-4-8-13(14)18(23)24-3/h4-12H,1-3H3. The van der Waals surface area contributed by atoms with E-state index in [0.29, 0.717) is 17.1 Å². The largest absolute Gasteiger partial charge is 0.465 e. The lowest BCUT2D eigenvalue weighted by Crippen LogP contribution is -2.00. The highest BCUT2D eigenvalue weighted by atomic mass is 16.5. The van der Waals surface area contributed by atoms with E-state index in [1.165, 1.54) is 7.11 Å². The molecule has 3 aromatic rings. The Labute approximate surface area is 139 Å². The zero-order valence-electron chi connectivity index (χ0n) is 13.8. The maximum Gasteiger partial charge on any atom is 0.340 e. The number of azo groups is 1. The van der Waals surface area contributed by atoms with Crippen molar-refractivity contribution in [1.82, 2.24) is 9.38 Å². The molecular weight excluding hydrogens is 304 g/mol. The summed E-state index contributed by atoms with van der Waals surface area (Å²) in [5.41, 5.74) is 2.52. The maximum atomic E-state index is 11.8. The Morgan fingerprint density at radius 3 is 2.62 bits per heavy atom. The molecule has 0 saturated heterocycles. The number of carbonyl (C=O) groups is 1. The third-order valence-corrected chi connectivity index (χ3v) is 3.64. The zero-order chi connectivity index (χ0) is 17.1. The van der Waals surface area contributed by atoms with E-state index >= 15 is 0 Å². The fourth-order valence-corrected chi connectivity index (χ4v) is 2.43. The fourth-order valence-electron chi connectivity index (χ4n) is 2.43. The Morgan fingerprint density at radius 1 is 1.12 bits per heavy atom. The van der Waals surface area contributed by atoms with Gasteiger partial charge in [-0.2, -0.15) is 0 Å². The molecule has 0 spiro atoms. The van der Waals surface area contributed by atoms with Crippen molar-refractivity contribution in [2.75, 3.05) is 7.11 Å². The Hall–Kier alpha value is -3.02. The van der Waals surface area contributed by atoms with Gasteiger partial charge in [-0.05, 0) is 30.2 Å². The van der Waals surface area contributed by atoms with Crippen LogP contribution < -0.4 is 0 Å². The van der Waals surface area contributed by atoms with Crippen molar-refractivity contribution in [3.05, 3.63) is 59.9 Å². The predicted octanol–water partition coefficient (Wildman–Crippen LogP) is 4.66. The zero-order valence-corrected chi connectivity index (χ0v) is 13.8. The summed E-state index contributed by atoms with van der Waals surface area (Å²) < 4.78 is 6.68. The monoisotopic (exact) mass is 322 g/mol. The molecule has 0 aliphatic carbocycles. The van der Waals surface area contributed by atoms with Crippen molar-refractivity contribution in [3.63, 3.8) is 0 Å². The van der Waals surface area contributed by atoms with Crippen LogP contribution in [0.1, 0.15) is 35.8 Å². The third-order valence-electron chi connectivity index (χ3n) is 3.64. The van der Waals surface area contributed by atoms with Gasteiger partial charge in [0.2, 0.25) is 0 Å². The van der Waals surface area contributed by atoms with E-state index in [9.17, 15) is 4.79 Å². The summed E-state index contributed by atoms with van der Waals surface area (Å²) in [6.45, 7) is 4.12. The van der Waals surface area contributed by atoms with Gasteiger partial charge in [-0.1, -0.05) is 32.0 Å². The maximum absolute atomic E-state index is 11.8. The van der Waals surface area contributed by atoms with Gasteiger partial charge in [0, 0.05) is 6.20 Å². The number of methoxy groups -OCH3 is 1. The molecule has 122 valence electrons. The number of nitrogens with zero attached hydrogens (tertiary/aromatic N) is 4. The van der Waals surface area contributed by atoms with Gasteiger partial charge < -0.3 is 4.74 Å². The van der Waals surface area contributed by atoms with Gasteiger partial charge in [0.05, 0.1) is 18.4 Å². The Balaban J connectivity index is 2.09. The average Bonchev–Trinajstić information content (AvgIpc) is 2.98. The summed E-state index contributed by atoms with van der Waals surface area (Å²) in [5.74, 6) is 0.432. The van der Waals surface area contributed by atoms with Crippen LogP contribution in [0.2, 0.25) is 0 Å². The molecule has 2 aromatic heterocycles. The molecule has 0 bridgehead atoms. The molecule has 0 radical (unpaired) electrons. The molecule has 1 aromatic carbocycles. The van der Waals surface area contributed by atoms with Crippen LogP contribution in [-0.4, -0.2) is 22.5 Å². The van der Waals surface area contributed by atoms with Crippen LogP contribution in [0.5, 0.6) is 0 Å². The number of esters is 1. The van der Waals surface area contributed by atoms with E-state index in [0.717, 1.165) is 11.3 Å². The number of imidazole rings is 1. The van der Waals surface area contributed by atoms with Gasteiger partial charge in [0.25, 0.3) is 0 Å². The molecule has 6 heteroatoms. The van der Waals surface area contributed by atoms with Crippen molar-refractivity contribution in [3.8, 4) is 0 Å². The van der Waals surface area contributed by atoms with Crippen molar-refractivity contribution in [2.45, 2.75) is 19.8 Å². The summed E-state index contributed by atoms with van der Waals surface area (Å²) in [5, 5.41) is 8.66. The first kappa shape index (κ1) is 15.9. The number of hydrogen-bond donors (Lipinski definition) is 0. The van der Waals surface area contributed by atoms with Crippen LogP contribution in [0, 0.1) is 0 Å². The summed E-state index contributed by atoms with van der Waals surface area (Å²) >= 11 is 0. The van der Waals surface area contributed by atoms with Crippen LogP contribution in [0.25, 0.3) is 5.65 Å². The summed E-state index contributed by atoms with van der Waals surface area (Å²) in [6, 6.07) is 12.7. The van der Waals surface area contributed by atoms with Crippen molar-refractivity contribution < 1.29 is 9.53 Å². The minimum absolute atomic E-state index is 0.203. The molecule has 6 nitrogen and oxygen atoms in total. The van der Waals surface area contributed by atoms with Crippen LogP contribution in [0.4, 0.5) is 11.5 Å². The smallest absolute Gasteiger partial charge is 0.340 e. The first-order valence-electron chi connectivity index (χ1n) is 7.68. The minimum atomic E-state index is -0.438. The van der Waals surface area contributed by atoms with Crippen molar-refractivity contribution in [2.24, 2.45) is 10.2 Å². The molecule has 2 heterocycles. The highest BCUT2D eigenvalue weighted by molar-refractivity contribution is 5.94. The summed E-state index contributed by atoms with van der Waals surface area (Å²) in [7, 11) is 1.34. The topological polar surface area (TPSA) is 68.3 Å². The molecule has 0 unspecified atom stereocenters. The van der Waals surface area contributed by atoms with Gasteiger partial charge in [0.15, 0.2) is 5.82 Å². The number of fused-ring (bicyclic) bond motifs is 1. The first-order valence-corrected chi connectivity index (χ1v) is 7.68. The molecule has 0 atom stereocenters. The highest BCUT2D eigenvalue weighted by Crippen LogP contribution is 2.30. The van der Waals surface area contributed by atoms with Gasteiger partial charge in [-0.3, -0.25) is 4.40 Å². The SMILES string of the molecule is COC(=O)c1ccccc1N=Nc1c(C(C)C)nc2ccccn12. The lowest BCUT2D eigenvalue weighted by atomic mass is 10.1. The van der Waals surface area contributed by atoms with E-state index in [4.69, 9.17) is 4.74 Å². The second-order valence-corrected chi connectivity index (χ2v) is 5.61. The molecule has 0 aliphatic rings. The van der Waals surface area contributed by atoms with E-state index in [2.05, 4.69) is 29.1 Å². The average molecular weight is 322 g/mol. The quantitative estimate of drug-likeness (QED) is 0.518. The van der Waals surface area contributed by atoms with Crippen LogP contribution in [0.3, 0.4) is 0 Å². The number of aromatic nitrogens is 2. The van der Waals surface area contributed by atoms with E-state index < -0.39 is 5.97 Å². The normalized spacial score (nSPS) is 11.5. The molecule has 0 fully saturated rings. The predicted molar refractivity (Wildman–Crippen MR) is 91.2 cm³/mol. The third kappa shape index (κ3) is 2.90. The Morgan fingerprint density at radius 2 is 1.88 bits per heavy atom. The number of rotatable bonds is 4. The van der Waals surface area contributed by atoms with Crippen LogP contribution >= 0.6 is 0 Å². The number of hydrogen-bond acceptors (Lipinski definition) is 5. The van der Waals surface area contributed by atoms with Gasteiger partial charge in [-0.15, -0.1) is 10.2 Å². The Kier molecular flexibility index (Phi) is 4.37. The van der Waals surface area contributed by atoms with Gasteiger partial charge in [-0.25, -0.2) is 9.78 Å². The van der Waals surface area contributed by atoms with Crippen LogP contribution in [0.15, 0.2) is 58.9 Å². The number of pyridine rings is 1. The number of carbonyl (C=O) groups excluding carboxylic acids is 1. The molecule has 0 N–H and O–H groups in total. The second kappa shape index (κ2) is 6.62. The fraction of sp³-hybridized carbons (Fsp3) is 0.222. The molecule has 0 saturated carbocycles. The van der Waals surface area contributed by atoms with E-state index in [1.54, 1.807) is 24.3 Å². The minimum Gasteiger partial charge on any atom is -0.465 e. The summed E-state index contributed by atoms with van der Waals surface area (Å²) in [4.78, 5) is 16.5. The molecule has 24 heavy (non-hydrogen) atoms. The first-order chi connectivity index (χ1) is 11.6. The molecule has 3 rings (SSSR count). The molecule has 0 amide bonds. The van der Waals surface area contributed by atoms with Gasteiger partial charge >= 0.3 is 5.97 Å². The number of benzene rings is 1. The Bertz CT molecular complexity index is 912. The van der Waals surface area contributed by atoms with E-state index in [-0.39, 0.29) is 5.92 Å². The van der Waals surface area contributed by atoms with Crippen molar-refractivity contribution in [1.29, 1.82) is 0 Å². The number of ether oxygens (including phenoxy) is 1. The lowest BCUT2D eigenvalue weighted by molar-refractivity contribution is 0.0601. The lowest BCUT2D eigenvalue weighted by Gasteiger charge is -2.03. The molecule has 0 aliphatic heterocycles. The highest BCUT2D eigenvalue weighted by Gasteiger charge is 2.15. The van der Waals surface area contributed by atoms with E-state index in [1.807, 2.05) is 28.8 Å². The summed E-state index contributed by atoms with van der Waals surface area (Å²) in [6.07, 6.45) is 1.90. The van der Waals surface area contributed by atoms with Crippen LogP contribution in [-0.2, 0) is 4.74 Å².